The van der Waals surface area contributed by atoms with Gasteiger partial charge < -0.3 is 26.0 Å². The first-order valence-corrected chi connectivity index (χ1v) is 10.3. The van der Waals surface area contributed by atoms with Crippen molar-refractivity contribution >= 4 is 23.7 Å². The third kappa shape index (κ3) is 7.67. The van der Waals surface area contributed by atoms with E-state index in [9.17, 15) is 24.3 Å². The molecule has 9 nitrogen and oxygen atoms in total. The summed E-state index contributed by atoms with van der Waals surface area (Å²) in [6.07, 6.45) is 0.546. The number of likely N-dealkylation sites (N-methyl/N-ethyl adjacent to an activating group) is 2. The summed E-state index contributed by atoms with van der Waals surface area (Å²) in [4.78, 5) is 52.8. The molecule has 0 aliphatic heterocycles. The van der Waals surface area contributed by atoms with Crippen LogP contribution in [0.1, 0.15) is 31.7 Å². The number of carbonyl (C=O) groups excluding carboxylic acids is 3. The van der Waals surface area contributed by atoms with Crippen LogP contribution in [0.2, 0.25) is 0 Å². The standard InChI is InChI=1S/C22H34N4O5/c1-5-22(20(23)29,21(30)31)24-19(28)17(12-11-16-9-7-6-8-10-16)15-18(27)26(4)14-13-25(2)3/h6-10,17H,5,11-15H2,1-4H3,(H2,23,29)(H,24,28)(H,30,31)/t17-,22-/m1/s1. The summed E-state index contributed by atoms with van der Waals surface area (Å²) < 4.78 is 0. The van der Waals surface area contributed by atoms with Crippen LogP contribution in [0.25, 0.3) is 0 Å². The fourth-order valence-electron chi connectivity index (χ4n) is 3.10. The summed E-state index contributed by atoms with van der Waals surface area (Å²) in [6.45, 7) is 2.62. The summed E-state index contributed by atoms with van der Waals surface area (Å²) in [7, 11) is 5.46. The number of nitrogens with zero attached hydrogens (tertiary/aromatic N) is 2. The van der Waals surface area contributed by atoms with Gasteiger partial charge in [0.1, 0.15) is 0 Å². The van der Waals surface area contributed by atoms with Crippen molar-refractivity contribution in [2.75, 3.05) is 34.2 Å². The van der Waals surface area contributed by atoms with Crippen molar-refractivity contribution in [3.8, 4) is 0 Å². The summed E-state index contributed by atoms with van der Waals surface area (Å²) in [5.41, 5.74) is 4.08. The number of carboxylic acids is 1. The van der Waals surface area contributed by atoms with E-state index < -0.39 is 29.2 Å². The first-order valence-electron chi connectivity index (χ1n) is 10.3. The number of nitrogens with two attached hydrogens (primary N) is 1. The van der Waals surface area contributed by atoms with Crippen molar-refractivity contribution in [2.45, 2.75) is 38.1 Å². The Morgan fingerprint density at radius 3 is 2.19 bits per heavy atom. The van der Waals surface area contributed by atoms with E-state index in [1.54, 1.807) is 11.9 Å². The maximum absolute atomic E-state index is 13.0. The van der Waals surface area contributed by atoms with Gasteiger partial charge in [-0.15, -0.1) is 0 Å². The summed E-state index contributed by atoms with van der Waals surface area (Å²) in [5, 5.41) is 11.8. The van der Waals surface area contributed by atoms with Gasteiger partial charge in [-0.25, -0.2) is 4.79 Å². The molecule has 0 unspecified atom stereocenters. The predicted molar refractivity (Wildman–Crippen MR) is 117 cm³/mol. The fourth-order valence-corrected chi connectivity index (χ4v) is 3.10. The normalized spacial score (nSPS) is 13.8. The quantitative estimate of drug-likeness (QED) is 0.387. The summed E-state index contributed by atoms with van der Waals surface area (Å²) >= 11 is 0. The molecule has 9 heteroatoms. The van der Waals surface area contributed by atoms with Crippen molar-refractivity contribution in [3.05, 3.63) is 35.9 Å². The molecule has 1 rings (SSSR count). The minimum absolute atomic E-state index is 0.0965. The molecular weight excluding hydrogens is 400 g/mol. The average molecular weight is 435 g/mol. The molecule has 0 aromatic heterocycles. The van der Waals surface area contributed by atoms with Crippen molar-refractivity contribution in [1.82, 2.24) is 15.1 Å². The van der Waals surface area contributed by atoms with Crippen LogP contribution in [0, 0.1) is 5.92 Å². The molecule has 0 aliphatic carbocycles. The van der Waals surface area contributed by atoms with E-state index in [1.807, 2.05) is 49.3 Å². The van der Waals surface area contributed by atoms with Crippen LogP contribution < -0.4 is 11.1 Å². The third-order valence-corrected chi connectivity index (χ3v) is 5.38. The molecule has 1 aromatic carbocycles. The number of carbonyl (C=O) groups is 4. The number of rotatable bonds is 13. The van der Waals surface area contributed by atoms with Crippen LogP contribution in [0.5, 0.6) is 0 Å². The van der Waals surface area contributed by atoms with Crippen LogP contribution in [0.4, 0.5) is 0 Å². The van der Waals surface area contributed by atoms with Crippen molar-refractivity contribution < 1.29 is 24.3 Å². The molecule has 0 saturated heterocycles. The number of carboxylic acid groups (broad SMARTS) is 1. The van der Waals surface area contributed by atoms with Crippen LogP contribution in [-0.2, 0) is 25.6 Å². The fraction of sp³-hybridized carbons (Fsp3) is 0.545. The summed E-state index contributed by atoms with van der Waals surface area (Å²) in [5.74, 6) is -4.38. The van der Waals surface area contributed by atoms with E-state index in [0.717, 1.165) is 5.56 Å². The number of hydrogen-bond donors (Lipinski definition) is 3. The summed E-state index contributed by atoms with van der Waals surface area (Å²) in [6, 6.07) is 9.47. The Morgan fingerprint density at radius 2 is 1.71 bits per heavy atom. The van der Waals surface area contributed by atoms with Gasteiger partial charge in [-0.1, -0.05) is 37.3 Å². The van der Waals surface area contributed by atoms with E-state index in [4.69, 9.17) is 5.73 Å². The molecule has 0 bridgehead atoms. The number of benzene rings is 1. The second-order valence-corrected chi connectivity index (χ2v) is 7.96. The van der Waals surface area contributed by atoms with Gasteiger partial charge in [0.05, 0.1) is 0 Å². The Morgan fingerprint density at radius 1 is 1.10 bits per heavy atom. The highest BCUT2D eigenvalue weighted by molar-refractivity contribution is 6.09. The molecule has 0 heterocycles. The van der Waals surface area contributed by atoms with Gasteiger partial charge in [0.2, 0.25) is 17.4 Å². The molecule has 1 aromatic rings. The molecule has 4 N–H and O–H groups in total. The zero-order valence-corrected chi connectivity index (χ0v) is 18.8. The topological polar surface area (TPSA) is 133 Å². The van der Waals surface area contributed by atoms with Gasteiger partial charge >= 0.3 is 5.97 Å². The van der Waals surface area contributed by atoms with Gasteiger partial charge in [0.15, 0.2) is 0 Å². The molecular formula is C22H34N4O5. The van der Waals surface area contributed by atoms with E-state index >= 15 is 0 Å². The van der Waals surface area contributed by atoms with E-state index in [-0.39, 0.29) is 18.7 Å². The molecule has 172 valence electrons. The molecule has 0 fully saturated rings. The molecule has 0 aliphatic rings. The first-order chi connectivity index (χ1) is 14.5. The van der Waals surface area contributed by atoms with Gasteiger partial charge in [-0.05, 0) is 38.9 Å². The number of nitrogens with one attached hydrogen (secondary N) is 1. The van der Waals surface area contributed by atoms with Crippen LogP contribution in [-0.4, -0.2) is 78.4 Å². The van der Waals surface area contributed by atoms with Crippen molar-refractivity contribution in [2.24, 2.45) is 11.7 Å². The Labute approximate surface area is 183 Å². The second-order valence-electron chi connectivity index (χ2n) is 7.96. The Bertz CT molecular complexity index is 752. The number of primary amides is 1. The minimum Gasteiger partial charge on any atom is -0.479 e. The molecule has 0 spiro atoms. The van der Waals surface area contributed by atoms with Gasteiger partial charge in [-0.2, -0.15) is 0 Å². The number of hydrogen-bond acceptors (Lipinski definition) is 5. The van der Waals surface area contributed by atoms with Crippen LogP contribution in [0.15, 0.2) is 30.3 Å². The largest absolute Gasteiger partial charge is 0.479 e. The SMILES string of the molecule is CC[C@@](NC(=O)[C@H](CCc1ccccc1)CC(=O)N(C)CCN(C)C)(C(N)=O)C(=O)O. The maximum atomic E-state index is 13.0. The molecule has 31 heavy (non-hydrogen) atoms. The third-order valence-electron chi connectivity index (χ3n) is 5.38. The average Bonchev–Trinajstić information content (AvgIpc) is 2.72. The first kappa shape index (κ1) is 26.1. The van der Waals surface area contributed by atoms with Crippen molar-refractivity contribution in [3.63, 3.8) is 0 Å². The molecule has 2 atom stereocenters. The molecule has 0 saturated carbocycles. The van der Waals surface area contributed by atoms with Crippen LogP contribution >= 0.6 is 0 Å². The minimum atomic E-state index is -2.21. The van der Waals surface area contributed by atoms with E-state index in [0.29, 0.717) is 25.9 Å². The highest BCUT2D eigenvalue weighted by atomic mass is 16.4. The number of aliphatic carboxylic acids is 1. The Kier molecular flexibility index (Phi) is 10.1. The van der Waals surface area contributed by atoms with Crippen molar-refractivity contribution in [1.29, 1.82) is 0 Å². The second kappa shape index (κ2) is 12.0. The number of aryl methyl sites for hydroxylation is 1. The van der Waals surface area contributed by atoms with Gasteiger partial charge in [0, 0.05) is 32.5 Å². The Hall–Kier alpha value is -2.94. The predicted octanol–water partition coefficient (Wildman–Crippen LogP) is 0.480. The van der Waals surface area contributed by atoms with Gasteiger partial charge in [-0.3, -0.25) is 14.4 Å². The smallest absolute Gasteiger partial charge is 0.339 e. The number of amides is 3. The maximum Gasteiger partial charge on any atom is 0.339 e. The van der Waals surface area contributed by atoms with E-state index in [1.165, 1.54) is 6.92 Å². The molecule has 0 radical (unpaired) electrons. The molecule has 3 amide bonds. The highest BCUT2D eigenvalue weighted by Crippen LogP contribution is 2.19. The lowest BCUT2D eigenvalue weighted by molar-refractivity contribution is -0.153. The zero-order valence-electron chi connectivity index (χ0n) is 18.8. The van der Waals surface area contributed by atoms with Gasteiger partial charge in [0.25, 0.3) is 5.91 Å². The Balaban J connectivity index is 3.01. The lowest BCUT2D eigenvalue weighted by Crippen LogP contribution is -2.63. The lowest BCUT2D eigenvalue weighted by Gasteiger charge is -2.29. The zero-order chi connectivity index (χ0) is 23.6. The highest BCUT2D eigenvalue weighted by Gasteiger charge is 2.45. The lowest BCUT2D eigenvalue weighted by atomic mass is 9.90. The van der Waals surface area contributed by atoms with Crippen LogP contribution in [0.3, 0.4) is 0 Å². The monoisotopic (exact) mass is 434 g/mol. The van der Waals surface area contributed by atoms with E-state index in [2.05, 4.69) is 5.32 Å².